The van der Waals surface area contributed by atoms with Crippen molar-refractivity contribution in [3.8, 4) is 0 Å². The van der Waals surface area contributed by atoms with Crippen LogP contribution in [0.5, 0.6) is 0 Å². The summed E-state index contributed by atoms with van der Waals surface area (Å²) < 4.78 is 6.00. The summed E-state index contributed by atoms with van der Waals surface area (Å²) in [5, 5.41) is 0.410. The van der Waals surface area contributed by atoms with Crippen LogP contribution >= 0.6 is 7.92 Å². The lowest BCUT2D eigenvalue weighted by Gasteiger charge is -2.32. The maximum Gasteiger partial charge on any atom is 0.191 e. The maximum absolute atomic E-state index is 6.00. The molecule has 2 heterocycles. The van der Waals surface area contributed by atoms with Crippen LogP contribution in [-0.2, 0) is 4.74 Å². The van der Waals surface area contributed by atoms with Gasteiger partial charge in [-0.25, -0.2) is 4.99 Å². The van der Waals surface area contributed by atoms with E-state index in [-0.39, 0.29) is 14.0 Å². The van der Waals surface area contributed by atoms with Crippen LogP contribution in [0.2, 0.25) is 0 Å². The predicted octanol–water partition coefficient (Wildman–Crippen LogP) is 4.60. The largest absolute Gasteiger partial charge is 0.478 e. The number of nitrogens with zero attached hydrogens (tertiary/aromatic N) is 1. The molecule has 0 aliphatic carbocycles. The molecule has 0 saturated carbocycles. The summed E-state index contributed by atoms with van der Waals surface area (Å²) >= 11 is 0. The number of hydrogen-bond donors (Lipinski definition) is 0. The monoisotopic (exact) mass is 289 g/mol. The highest BCUT2D eigenvalue weighted by atomic mass is 31.1. The van der Waals surface area contributed by atoms with Gasteiger partial charge in [0.2, 0.25) is 0 Å². The molecule has 1 saturated heterocycles. The van der Waals surface area contributed by atoms with Gasteiger partial charge in [0.05, 0.1) is 5.66 Å². The van der Waals surface area contributed by atoms with Gasteiger partial charge >= 0.3 is 0 Å². The highest BCUT2D eigenvalue weighted by Gasteiger charge is 2.40. The average molecular weight is 289 g/mol. The van der Waals surface area contributed by atoms with Crippen LogP contribution < -0.4 is 0 Å². The lowest BCUT2D eigenvalue weighted by Crippen LogP contribution is -2.24. The molecular weight excluding hydrogens is 265 g/mol. The second kappa shape index (κ2) is 5.48. The Kier molecular flexibility index (Phi) is 3.86. The van der Waals surface area contributed by atoms with Crippen LogP contribution in [0.1, 0.15) is 45.2 Å². The van der Waals surface area contributed by atoms with Crippen molar-refractivity contribution in [1.82, 2.24) is 0 Å². The molecule has 1 aromatic carbocycles. The molecule has 1 fully saturated rings. The average Bonchev–Trinajstić information content (AvgIpc) is 3.08. The summed E-state index contributed by atoms with van der Waals surface area (Å²) in [6, 6.07) is 10.7. The SMILES string of the molecule is CC(C)(C)P1CCC[C@@H]1C1=N[C@@H](c2ccccc2)CO1. The first-order valence-electron chi connectivity index (χ1n) is 7.58. The summed E-state index contributed by atoms with van der Waals surface area (Å²) in [5.74, 6) is 1.05. The first kappa shape index (κ1) is 14.1. The summed E-state index contributed by atoms with van der Waals surface area (Å²) in [7, 11) is -0.00436. The minimum absolute atomic E-state index is 0.00436. The first-order chi connectivity index (χ1) is 9.55. The van der Waals surface area contributed by atoms with Crippen LogP contribution in [0.3, 0.4) is 0 Å². The molecule has 2 aliphatic rings. The topological polar surface area (TPSA) is 21.6 Å². The molecular formula is C17H24NOP. The Balaban J connectivity index is 1.78. The normalized spacial score (nSPS) is 30.1. The minimum Gasteiger partial charge on any atom is -0.478 e. The van der Waals surface area contributed by atoms with Gasteiger partial charge in [0.15, 0.2) is 5.90 Å². The van der Waals surface area contributed by atoms with Gasteiger partial charge in [-0.2, -0.15) is 0 Å². The number of aliphatic imine (C=N–C) groups is 1. The molecule has 3 rings (SSSR count). The third-order valence-electron chi connectivity index (χ3n) is 4.26. The zero-order valence-corrected chi connectivity index (χ0v) is 13.6. The molecule has 0 N–H and O–H groups in total. The second-order valence-electron chi connectivity index (χ2n) is 6.73. The molecule has 0 amide bonds. The fourth-order valence-electron chi connectivity index (χ4n) is 3.25. The number of rotatable bonds is 2. The quantitative estimate of drug-likeness (QED) is 0.729. The van der Waals surface area contributed by atoms with Crippen molar-refractivity contribution in [3.63, 3.8) is 0 Å². The lowest BCUT2D eigenvalue weighted by atomic mass is 10.1. The van der Waals surface area contributed by atoms with E-state index in [2.05, 4.69) is 51.1 Å². The van der Waals surface area contributed by atoms with Crippen molar-refractivity contribution >= 4 is 13.8 Å². The Hall–Kier alpha value is -0.880. The van der Waals surface area contributed by atoms with E-state index in [4.69, 9.17) is 9.73 Å². The van der Waals surface area contributed by atoms with E-state index in [0.717, 1.165) is 12.5 Å². The van der Waals surface area contributed by atoms with E-state index < -0.39 is 0 Å². The second-order valence-corrected chi connectivity index (χ2v) is 10.1. The van der Waals surface area contributed by atoms with Crippen LogP contribution in [0, 0.1) is 0 Å². The first-order valence-corrected chi connectivity index (χ1v) is 9.17. The zero-order valence-electron chi connectivity index (χ0n) is 12.7. The van der Waals surface area contributed by atoms with Crippen LogP contribution in [0.4, 0.5) is 0 Å². The Morgan fingerprint density at radius 1 is 1.20 bits per heavy atom. The number of ether oxygens (including phenoxy) is 1. The standard InChI is InChI=1S/C17H24NOP/c1-17(2,3)20-11-7-10-15(20)16-18-14(12-19-16)13-8-5-4-6-9-13/h4-6,8-9,14-15H,7,10-12H2,1-3H3/t14-,15-,20?/m1/s1. The van der Waals surface area contributed by atoms with E-state index >= 15 is 0 Å². The van der Waals surface area contributed by atoms with Crippen LogP contribution in [0.15, 0.2) is 35.3 Å². The van der Waals surface area contributed by atoms with E-state index in [1.165, 1.54) is 24.6 Å². The van der Waals surface area contributed by atoms with Crippen LogP contribution in [-0.4, -0.2) is 29.5 Å². The third-order valence-corrected chi connectivity index (χ3v) is 8.01. The molecule has 20 heavy (non-hydrogen) atoms. The molecule has 1 aromatic rings. The van der Waals surface area contributed by atoms with Gasteiger partial charge in [-0.3, -0.25) is 0 Å². The zero-order chi connectivity index (χ0) is 14.2. The van der Waals surface area contributed by atoms with Crippen molar-refractivity contribution in [1.29, 1.82) is 0 Å². The molecule has 108 valence electrons. The summed E-state index contributed by atoms with van der Waals surface area (Å²) in [4.78, 5) is 4.91. The molecule has 2 nitrogen and oxygen atoms in total. The summed E-state index contributed by atoms with van der Waals surface area (Å²) in [6.07, 6.45) is 3.98. The van der Waals surface area contributed by atoms with Crippen molar-refractivity contribution in [2.45, 2.75) is 50.5 Å². The predicted molar refractivity (Wildman–Crippen MR) is 87.1 cm³/mol. The maximum atomic E-state index is 6.00. The fraction of sp³-hybridized carbons (Fsp3) is 0.588. The lowest BCUT2D eigenvalue weighted by molar-refractivity contribution is 0.312. The van der Waals surface area contributed by atoms with Gasteiger partial charge in [-0.1, -0.05) is 59.0 Å². The molecule has 0 aromatic heterocycles. The van der Waals surface area contributed by atoms with Crippen molar-refractivity contribution in [2.24, 2.45) is 4.99 Å². The Labute approximate surface area is 123 Å². The smallest absolute Gasteiger partial charge is 0.191 e. The minimum atomic E-state index is -0.00436. The van der Waals surface area contributed by atoms with Gasteiger partial charge in [-0.05, 0) is 29.7 Å². The number of benzene rings is 1. The van der Waals surface area contributed by atoms with Crippen molar-refractivity contribution < 1.29 is 4.74 Å². The number of hydrogen-bond acceptors (Lipinski definition) is 2. The molecule has 0 bridgehead atoms. The fourth-order valence-corrected chi connectivity index (χ4v) is 6.59. The van der Waals surface area contributed by atoms with E-state index in [9.17, 15) is 0 Å². The highest BCUT2D eigenvalue weighted by Crippen LogP contribution is 2.60. The molecule has 3 heteroatoms. The summed E-state index contributed by atoms with van der Waals surface area (Å²) in [5.41, 5.74) is 1.87. The van der Waals surface area contributed by atoms with Crippen molar-refractivity contribution in [3.05, 3.63) is 35.9 Å². The van der Waals surface area contributed by atoms with Gasteiger partial charge < -0.3 is 4.74 Å². The Morgan fingerprint density at radius 2 is 1.95 bits per heavy atom. The molecule has 1 unspecified atom stereocenters. The van der Waals surface area contributed by atoms with Gasteiger partial charge in [-0.15, -0.1) is 0 Å². The Morgan fingerprint density at radius 3 is 2.65 bits per heavy atom. The third kappa shape index (κ3) is 2.76. The van der Waals surface area contributed by atoms with E-state index in [1.807, 2.05) is 0 Å². The van der Waals surface area contributed by atoms with Gasteiger partial charge in [0.1, 0.15) is 12.6 Å². The highest BCUT2D eigenvalue weighted by molar-refractivity contribution is 7.61. The molecule has 0 radical (unpaired) electrons. The Bertz CT molecular complexity index is 491. The molecule has 2 aliphatic heterocycles. The van der Waals surface area contributed by atoms with Crippen LogP contribution in [0.25, 0.3) is 0 Å². The van der Waals surface area contributed by atoms with Crippen molar-refractivity contribution in [2.75, 3.05) is 12.8 Å². The summed E-state index contributed by atoms with van der Waals surface area (Å²) in [6.45, 7) is 7.85. The van der Waals surface area contributed by atoms with Gasteiger partial charge in [0, 0.05) is 0 Å². The van der Waals surface area contributed by atoms with E-state index in [1.54, 1.807) is 0 Å². The molecule has 0 spiro atoms. The van der Waals surface area contributed by atoms with Gasteiger partial charge in [0.25, 0.3) is 0 Å². The molecule has 3 atom stereocenters. The van der Waals surface area contributed by atoms with E-state index in [0.29, 0.717) is 10.8 Å².